The van der Waals surface area contributed by atoms with Crippen LogP contribution in [-0.2, 0) is 49.6 Å². The fourth-order valence-corrected chi connectivity index (χ4v) is 11.0. The van der Waals surface area contributed by atoms with Crippen LogP contribution >= 0.6 is 21.6 Å². The number of nitrogens with zero attached hydrogens (tertiary/aromatic N) is 4. The molecule has 10 atom stereocenters. The van der Waals surface area contributed by atoms with E-state index in [-0.39, 0.29) is 89.7 Å². The molecule has 534 valence electrons. The van der Waals surface area contributed by atoms with Crippen LogP contribution in [0.4, 0.5) is 16.4 Å². The van der Waals surface area contributed by atoms with Gasteiger partial charge in [-0.1, -0.05) is 39.8 Å². The SMILES string of the molecule is COc1ccc(/C=C/c2cc(O)cc(O[C@@H]3O[C@H](CNC(=O)OCCSSCC(NC(=O)[C@H](CO)NC(=O)[C@H](CCCNC(=N)N)NC(=O)[C@H](CC(=O)O)NC(=O)CC[C@H](NC(=O)c4ccc(NCc5cnc6nc(N)nc(O)c6n5)cc4)C(=O)O)C(=O)O)[C@@H](O)[C@H](O)[C@H]3O)c2)cc1O. The highest BCUT2D eigenvalue weighted by Crippen LogP contribution is 2.31. The number of phenols is 2. The Morgan fingerprint density at radius 2 is 1.43 bits per heavy atom. The van der Waals surface area contributed by atoms with Crippen LogP contribution in [0, 0.1) is 5.41 Å². The van der Waals surface area contributed by atoms with Crippen LogP contribution in [0.2, 0.25) is 0 Å². The number of methoxy groups -OCH3 is 1. The highest BCUT2D eigenvalue weighted by atomic mass is 33.1. The van der Waals surface area contributed by atoms with Gasteiger partial charge in [-0.25, -0.2) is 24.4 Å². The first-order chi connectivity index (χ1) is 47.1. The minimum absolute atomic E-state index is 0.0111. The number of ether oxygens (including phenoxy) is 4. The van der Waals surface area contributed by atoms with E-state index in [0.29, 0.717) is 22.5 Å². The molecule has 1 aliphatic rings. The fraction of sp³-hybridized carbons (Fsp3) is 0.390. The number of nitrogen functional groups attached to an aromatic ring is 1. The van der Waals surface area contributed by atoms with Gasteiger partial charge in [0.05, 0.1) is 38.6 Å². The number of carboxylic acid groups (broad SMARTS) is 3. The maximum atomic E-state index is 13.8. The lowest BCUT2D eigenvalue weighted by atomic mass is 9.99. The lowest BCUT2D eigenvalue weighted by Gasteiger charge is -2.40. The molecule has 6 rings (SSSR count). The lowest BCUT2D eigenvalue weighted by Crippen LogP contribution is -2.61. The molecular weight excluding hydrogens is 1350 g/mol. The van der Waals surface area contributed by atoms with Crippen molar-refractivity contribution in [1.29, 1.82) is 5.41 Å². The molecule has 38 nitrogen and oxygen atoms in total. The number of guanidine groups is 1. The van der Waals surface area contributed by atoms with Crippen molar-refractivity contribution >= 4 is 116 Å². The molecule has 40 heteroatoms. The molecule has 23 N–H and O–H groups in total. The molecule has 0 bridgehead atoms. The van der Waals surface area contributed by atoms with E-state index in [9.17, 15) is 94.2 Å². The Bertz CT molecular complexity index is 3730. The number of aromatic nitrogens is 4. The maximum absolute atomic E-state index is 13.8. The predicted octanol–water partition coefficient (Wildman–Crippen LogP) is -2.38. The van der Waals surface area contributed by atoms with Crippen LogP contribution in [0.15, 0.2) is 66.9 Å². The van der Waals surface area contributed by atoms with Crippen molar-refractivity contribution in [2.75, 3.05) is 56.0 Å². The first-order valence-corrected chi connectivity index (χ1v) is 32.2. The molecular formula is C59H73N15O23S2. The summed E-state index contributed by atoms with van der Waals surface area (Å²) in [6, 6.07) is 5.69. The van der Waals surface area contributed by atoms with Gasteiger partial charge in [0.25, 0.3) is 5.91 Å². The molecule has 1 saturated heterocycles. The number of aliphatic hydroxyl groups excluding tert-OH is 4. The zero-order chi connectivity index (χ0) is 72.5. The van der Waals surface area contributed by atoms with Gasteiger partial charge in [-0.2, -0.15) is 9.97 Å². The lowest BCUT2D eigenvalue weighted by molar-refractivity contribution is -0.270. The largest absolute Gasteiger partial charge is 0.508 e. The van der Waals surface area contributed by atoms with E-state index in [1.807, 2.05) is 0 Å². The monoisotopic (exact) mass is 1420 g/mol. The Kier molecular flexibility index (Phi) is 29.4. The normalized spacial score (nSPS) is 17.2. The minimum atomic E-state index is -1.92. The van der Waals surface area contributed by atoms with Crippen LogP contribution in [0.5, 0.6) is 28.9 Å². The van der Waals surface area contributed by atoms with E-state index in [0.717, 1.165) is 21.6 Å². The van der Waals surface area contributed by atoms with Crippen LogP contribution in [0.1, 0.15) is 59.3 Å². The van der Waals surface area contributed by atoms with Crippen molar-refractivity contribution in [2.24, 2.45) is 5.73 Å². The molecule has 0 saturated carbocycles. The number of aromatic hydroxyl groups is 3. The number of alkyl carbamates (subject to hydrolysis) is 1. The number of benzene rings is 3. The van der Waals surface area contributed by atoms with Gasteiger partial charge in [-0.3, -0.25) is 34.2 Å². The molecule has 5 aromatic rings. The summed E-state index contributed by atoms with van der Waals surface area (Å²) < 4.78 is 21.6. The number of phenolic OH excluding ortho intramolecular Hbond substituents is 2. The van der Waals surface area contributed by atoms with Crippen molar-refractivity contribution < 1.29 is 113 Å². The Labute approximate surface area is 569 Å². The summed E-state index contributed by atoms with van der Waals surface area (Å²) >= 11 is 0. The number of nitrogens with one attached hydrogen (secondary N) is 9. The predicted molar refractivity (Wildman–Crippen MR) is 350 cm³/mol. The average Bonchev–Trinajstić information content (AvgIpc) is 0.819. The van der Waals surface area contributed by atoms with Crippen molar-refractivity contribution in [1.82, 2.24) is 57.2 Å². The van der Waals surface area contributed by atoms with Crippen molar-refractivity contribution in [2.45, 2.75) is 99.6 Å². The number of hydrogen-bond acceptors (Lipinski definition) is 29. The second-order valence-electron chi connectivity index (χ2n) is 21.5. The maximum Gasteiger partial charge on any atom is 0.407 e. The first kappa shape index (κ1) is 77.2. The molecule has 1 unspecified atom stereocenters. The van der Waals surface area contributed by atoms with E-state index in [1.54, 1.807) is 24.3 Å². The van der Waals surface area contributed by atoms with E-state index < -0.39 is 159 Å². The number of nitrogens with two attached hydrogens (primary N) is 2. The highest BCUT2D eigenvalue weighted by molar-refractivity contribution is 8.76. The fourth-order valence-electron chi connectivity index (χ4n) is 9.04. The third kappa shape index (κ3) is 24.4. The summed E-state index contributed by atoms with van der Waals surface area (Å²) in [5.41, 5.74) is 12.9. The van der Waals surface area contributed by atoms with Crippen LogP contribution < -0.4 is 63.5 Å². The smallest absolute Gasteiger partial charge is 0.407 e. The van der Waals surface area contributed by atoms with E-state index in [2.05, 4.69) is 62.5 Å². The summed E-state index contributed by atoms with van der Waals surface area (Å²) in [6.45, 7) is -1.81. The second-order valence-corrected chi connectivity index (χ2v) is 24.1. The molecule has 3 heterocycles. The molecule has 2 aromatic heterocycles. The Morgan fingerprint density at radius 1 is 0.747 bits per heavy atom. The summed E-state index contributed by atoms with van der Waals surface area (Å²) in [5.74, 6) is -11.8. The minimum Gasteiger partial charge on any atom is -0.508 e. The summed E-state index contributed by atoms with van der Waals surface area (Å²) in [5, 5.41) is 129. The topological polar surface area (TPSA) is 617 Å². The second kappa shape index (κ2) is 37.7. The van der Waals surface area contributed by atoms with Crippen LogP contribution in [0.25, 0.3) is 23.3 Å². The van der Waals surface area contributed by atoms with Gasteiger partial charge >= 0.3 is 24.0 Å². The van der Waals surface area contributed by atoms with Crippen molar-refractivity contribution in [3.63, 3.8) is 0 Å². The van der Waals surface area contributed by atoms with Gasteiger partial charge in [0.2, 0.25) is 41.7 Å². The van der Waals surface area contributed by atoms with E-state index in [1.165, 1.54) is 61.8 Å². The zero-order valence-corrected chi connectivity index (χ0v) is 53.9. The van der Waals surface area contributed by atoms with Gasteiger partial charge in [0, 0.05) is 48.3 Å². The number of anilines is 2. The van der Waals surface area contributed by atoms with Crippen LogP contribution in [-0.4, -0.2) is 236 Å². The number of carbonyl (C=O) groups is 9. The average molecular weight is 1420 g/mol. The number of aliphatic carboxylic acids is 3. The Hall–Kier alpha value is -10.8. The summed E-state index contributed by atoms with van der Waals surface area (Å²) in [7, 11) is 3.31. The number of carboxylic acids is 3. The molecule has 3 aromatic carbocycles. The molecule has 1 aliphatic heterocycles. The molecule has 0 radical (unpaired) electrons. The summed E-state index contributed by atoms with van der Waals surface area (Å²) in [6.07, 6.45) is -7.39. The molecule has 99 heavy (non-hydrogen) atoms. The molecule has 6 amide bonds. The van der Waals surface area contributed by atoms with E-state index in [4.69, 9.17) is 35.8 Å². The number of hydrogen-bond donors (Lipinski definition) is 21. The number of aliphatic hydroxyl groups is 4. The highest BCUT2D eigenvalue weighted by Gasteiger charge is 2.45. The van der Waals surface area contributed by atoms with Gasteiger partial charge in [-0.15, -0.1) is 0 Å². The van der Waals surface area contributed by atoms with Gasteiger partial charge in [0.1, 0.15) is 72.7 Å². The zero-order valence-electron chi connectivity index (χ0n) is 52.3. The standard InChI is InChI=1S/C59H73N15O23S2/c1-94-40-12-6-27(19-39(40)77)4-5-28-17-32(76)20-33(18-28)96-56-47(83)46(82)45(81)41(97-56)24-66-59(93)95-15-16-98-99-26-38(55(91)92)72-52(87)37(25-75)71-50(85)34(3-2-14-63-57(60)61)69-51(86)36(21-43(79)80)68-42(78)13-11-35(54(89)90)70-49(84)29-7-9-30(10-8-29)64-22-31-23-65-48-44(67-31)53(88)74-58(62)73-48/h4-10,12,17-20,23,34-38,41,45-47,56,64,75-77,81-83H,2-3,11,13-16,21-22,24-26H2,1H3,(H,66,93)(H,68,78)(H,69,86)(H,70,84)(H,71,85)(H,72,87)(H,79,80)(H,89,90)(H,91,92)(H4,60,61,63)(H3,62,65,73,74,88)/b5-4+/t34-,35-,36-,37-,38?,41+,45+,46-,47+,56+/m0/s1. The third-order valence-electron chi connectivity index (χ3n) is 14.1. The molecule has 0 spiro atoms. The number of amides is 6. The quantitative estimate of drug-likeness (QED) is 0.00649. The number of fused-ring (bicyclic) bond motifs is 1. The van der Waals surface area contributed by atoms with E-state index >= 15 is 0 Å². The van der Waals surface area contributed by atoms with Crippen molar-refractivity contribution in [3.8, 4) is 28.9 Å². The van der Waals surface area contributed by atoms with Crippen molar-refractivity contribution in [3.05, 3.63) is 89.2 Å². The molecule has 0 aliphatic carbocycles. The van der Waals surface area contributed by atoms with Crippen LogP contribution in [0.3, 0.4) is 0 Å². The first-order valence-electron chi connectivity index (χ1n) is 29.7. The van der Waals surface area contributed by atoms with Gasteiger partial charge < -0.3 is 124 Å². The molecule has 1 fully saturated rings. The summed E-state index contributed by atoms with van der Waals surface area (Å²) in [4.78, 5) is 132. The Balaban J connectivity index is 0.941. The number of carbonyl (C=O) groups excluding carboxylic acids is 6. The number of rotatable bonds is 37. The van der Waals surface area contributed by atoms with Gasteiger partial charge in [-0.05, 0) is 78.9 Å². The third-order valence-corrected chi connectivity index (χ3v) is 16.5. The Morgan fingerprint density at radius 3 is 2.11 bits per heavy atom. The van der Waals surface area contributed by atoms with Gasteiger partial charge in [0.15, 0.2) is 28.6 Å².